The highest BCUT2D eigenvalue weighted by Crippen LogP contribution is 2.27. The van der Waals surface area contributed by atoms with Gasteiger partial charge in [-0.25, -0.2) is 24.1 Å². The zero-order valence-electron chi connectivity index (χ0n) is 23.1. The van der Waals surface area contributed by atoms with Gasteiger partial charge in [-0.2, -0.15) is 0 Å². The molecule has 9 nitrogen and oxygen atoms in total. The minimum atomic E-state index is -0.677. The molecule has 2 aromatic heterocycles. The van der Waals surface area contributed by atoms with Gasteiger partial charge < -0.3 is 18.9 Å². The van der Waals surface area contributed by atoms with Gasteiger partial charge in [-0.1, -0.05) is 5.92 Å². The Morgan fingerprint density at radius 2 is 2.15 bits per heavy atom. The monoisotopic (exact) mass is 568 g/mol. The van der Waals surface area contributed by atoms with Crippen molar-refractivity contribution >= 4 is 39.5 Å². The molecular formula is C29H33FN4O5S. The van der Waals surface area contributed by atoms with Crippen molar-refractivity contribution < 1.29 is 28.1 Å². The van der Waals surface area contributed by atoms with E-state index in [1.54, 1.807) is 33.9 Å². The van der Waals surface area contributed by atoms with Gasteiger partial charge in [0.1, 0.15) is 41.4 Å². The van der Waals surface area contributed by atoms with Gasteiger partial charge in [0.05, 0.1) is 22.6 Å². The zero-order chi connectivity index (χ0) is 28.5. The van der Waals surface area contributed by atoms with E-state index in [-0.39, 0.29) is 12.9 Å². The summed E-state index contributed by atoms with van der Waals surface area (Å²) in [6.07, 6.45) is 7.72. The molecule has 0 N–H and O–H groups in total. The topological polar surface area (TPSA) is 95.9 Å². The first-order chi connectivity index (χ1) is 19.2. The number of alkyl halides is 1. The van der Waals surface area contributed by atoms with Crippen molar-refractivity contribution in [1.82, 2.24) is 15.0 Å². The number of carbonyl (C=O) groups excluding carboxylic acids is 1. The molecular weight excluding hydrogens is 535 g/mol. The van der Waals surface area contributed by atoms with Crippen molar-refractivity contribution in [1.29, 1.82) is 0 Å². The molecule has 3 heterocycles. The number of halogens is 1. The Hall–Kier alpha value is -3.59. The molecule has 1 unspecified atom stereocenters. The van der Waals surface area contributed by atoms with E-state index in [0.29, 0.717) is 23.9 Å². The first-order valence-corrected chi connectivity index (χ1v) is 13.8. The minimum Gasteiger partial charge on any atom is -0.491 e. The number of ether oxygens (including phenoxy) is 4. The summed E-state index contributed by atoms with van der Waals surface area (Å²) < 4.78 is 36.7. The van der Waals surface area contributed by atoms with Crippen LogP contribution in [0.3, 0.4) is 0 Å². The molecule has 0 saturated carbocycles. The lowest BCUT2D eigenvalue weighted by molar-refractivity contribution is -0.195. The molecule has 3 aromatic rings. The highest BCUT2D eigenvalue weighted by Gasteiger charge is 2.22. The Bertz CT molecular complexity index is 1370. The van der Waals surface area contributed by atoms with E-state index >= 15 is 0 Å². The summed E-state index contributed by atoms with van der Waals surface area (Å²) in [7, 11) is 1.57. The Morgan fingerprint density at radius 1 is 1.30 bits per heavy atom. The van der Waals surface area contributed by atoms with Crippen molar-refractivity contribution in [3.63, 3.8) is 0 Å². The van der Waals surface area contributed by atoms with Crippen LogP contribution in [0.1, 0.15) is 50.7 Å². The number of aromatic nitrogens is 3. The Morgan fingerprint density at radius 3 is 2.85 bits per heavy atom. The van der Waals surface area contributed by atoms with Crippen molar-refractivity contribution in [3.8, 4) is 17.6 Å². The molecule has 4 rings (SSSR count). The summed E-state index contributed by atoms with van der Waals surface area (Å²) in [6, 6.07) is 5.56. The first-order valence-electron chi connectivity index (χ1n) is 13.0. The van der Waals surface area contributed by atoms with Gasteiger partial charge >= 0.3 is 6.09 Å². The minimum absolute atomic E-state index is 0.101. The van der Waals surface area contributed by atoms with Crippen LogP contribution in [-0.4, -0.2) is 66.0 Å². The zero-order valence-corrected chi connectivity index (χ0v) is 23.9. The quantitative estimate of drug-likeness (QED) is 0.316. The lowest BCUT2D eigenvalue weighted by Gasteiger charge is -2.26. The number of thiazole rings is 1. The average Bonchev–Trinajstić information content (AvgIpc) is 3.35. The van der Waals surface area contributed by atoms with E-state index in [4.69, 9.17) is 18.9 Å². The lowest BCUT2D eigenvalue weighted by atomic mass is 10.2. The molecule has 0 radical (unpaired) electrons. The number of nitrogens with zero attached hydrogens (tertiary/aromatic N) is 4. The number of allylic oxidation sites excluding steroid dienone is 1. The summed E-state index contributed by atoms with van der Waals surface area (Å²) in [5, 5.41) is 0.779. The van der Waals surface area contributed by atoms with Crippen LogP contribution in [0.2, 0.25) is 0 Å². The molecule has 212 valence electrons. The Labute approximate surface area is 237 Å². The number of hydrogen-bond donors (Lipinski definition) is 0. The fourth-order valence-corrected chi connectivity index (χ4v) is 4.54. The number of fused-ring (bicyclic) bond motifs is 1. The van der Waals surface area contributed by atoms with Crippen LogP contribution in [0, 0.1) is 11.8 Å². The molecule has 1 aromatic carbocycles. The van der Waals surface area contributed by atoms with Crippen LogP contribution < -0.4 is 9.64 Å². The number of benzene rings is 1. The third-order valence-electron chi connectivity index (χ3n) is 5.63. The van der Waals surface area contributed by atoms with Gasteiger partial charge in [0.2, 0.25) is 0 Å². The van der Waals surface area contributed by atoms with E-state index < -0.39 is 24.5 Å². The van der Waals surface area contributed by atoms with Gasteiger partial charge in [0.25, 0.3) is 0 Å². The van der Waals surface area contributed by atoms with Crippen LogP contribution in [0.5, 0.6) is 5.75 Å². The molecule has 0 bridgehead atoms. The molecule has 2 atom stereocenters. The largest absolute Gasteiger partial charge is 0.491 e. The summed E-state index contributed by atoms with van der Waals surface area (Å²) in [6.45, 7) is 5.50. The molecule has 40 heavy (non-hydrogen) atoms. The van der Waals surface area contributed by atoms with Crippen LogP contribution in [0.25, 0.3) is 16.3 Å². The molecule has 0 spiro atoms. The lowest BCUT2D eigenvalue weighted by Crippen LogP contribution is -2.34. The van der Waals surface area contributed by atoms with E-state index in [1.807, 2.05) is 24.3 Å². The van der Waals surface area contributed by atoms with Crippen LogP contribution in [0.15, 0.2) is 36.7 Å². The van der Waals surface area contributed by atoms with Gasteiger partial charge in [-0.15, -0.1) is 11.3 Å². The third kappa shape index (κ3) is 8.71. The smallest absolute Gasteiger partial charge is 0.415 e. The van der Waals surface area contributed by atoms with E-state index in [9.17, 15) is 9.18 Å². The maximum Gasteiger partial charge on any atom is 0.415 e. The highest BCUT2D eigenvalue weighted by atomic mass is 32.1. The molecule has 0 aliphatic carbocycles. The Kier molecular flexibility index (Phi) is 10.0. The highest BCUT2D eigenvalue weighted by molar-refractivity contribution is 7.19. The predicted octanol–water partition coefficient (Wildman–Crippen LogP) is 5.78. The van der Waals surface area contributed by atoms with Gasteiger partial charge in [-0.05, 0) is 76.3 Å². The summed E-state index contributed by atoms with van der Waals surface area (Å²) in [4.78, 5) is 26.5. The second-order valence-corrected chi connectivity index (χ2v) is 11.2. The average molecular weight is 569 g/mol. The maximum atomic E-state index is 13.4. The molecule has 1 amide bonds. The number of hydrogen-bond acceptors (Lipinski definition) is 9. The number of anilines is 1. The molecule has 1 aliphatic rings. The van der Waals surface area contributed by atoms with Crippen LogP contribution in [0.4, 0.5) is 15.0 Å². The number of rotatable bonds is 8. The number of amides is 1. The van der Waals surface area contributed by atoms with Gasteiger partial charge in [0.15, 0.2) is 12.1 Å². The van der Waals surface area contributed by atoms with Gasteiger partial charge in [0, 0.05) is 13.7 Å². The molecule has 1 aliphatic heterocycles. The fraction of sp³-hybridized carbons (Fsp3) is 0.448. The first kappa shape index (κ1) is 29.4. The summed E-state index contributed by atoms with van der Waals surface area (Å²) in [5.41, 5.74) is 0.687. The van der Waals surface area contributed by atoms with E-state index in [0.717, 1.165) is 34.5 Å². The van der Waals surface area contributed by atoms with Crippen molar-refractivity contribution in [2.45, 2.75) is 58.0 Å². The Balaban J connectivity index is 1.31. The third-order valence-corrected chi connectivity index (χ3v) is 6.61. The summed E-state index contributed by atoms with van der Waals surface area (Å²) >= 11 is 1.49. The molecule has 1 fully saturated rings. The molecule has 1 saturated heterocycles. The SMILES string of the molecule is CN(C(=O)OC(C)(C)C)c1cnc(C#C/C=C/c2nc3ccc(OC[C@H](CF)OC4CCCCO4)cc3s2)cn1. The van der Waals surface area contributed by atoms with E-state index in [2.05, 4.69) is 26.8 Å². The standard InChI is InChI=1S/C29H33FN4O5S/c1-29(2,3)39-28(35)34(4)25-18-31-20(17-32-25)9-5-6-10-26-33-23-13-12-21(15-24(23)40-26)37-19-22(16-30)38-27-11-7-8-14-36-27/h6,10,12-13,15,17-18,22,27H,7-8,11,14,16,19H2,1-4H3/b10-6+/t22-,27?/m0/s1. The predicted molar refractivity (Wildman–Crippen MR) is 152 cm³/mol. The van der Waals surface area contributed by atoms with Crippen LogP contribution in [-0.2, 0) is 14.2 Å². The fourth-order valence-electron chi connectivity index (χ4n) is 3.64. The second kappa shape index (κ2) is 13.7. The van der Waals surface area contributed by atoms with E-state index in [1.165, 1.54) is 28.6 Å². The maximum absolute atomic E-state index is 13.4. The normalized spacial score (nSPS) is 16.4. The van der Waals surface area contributed by atoms with Crippen molar-refractivity contribution in [3.05, 3.63) is 47.4 Å². The second-order valence-electron chi connectivity index (χ2n) is 10.1. The van der Waals surface area contributed by atoms with Gasteiger partial charge in [-0.3, -0.25) is 4.90 Å². The summed E-state index contributed by atoms with van der Waals surface area (Å²) in [5.74, 6) is 6.82. The van der Waals surface area contributed by atoms with Crippen LogP contribution >= 0.6 is 11.3 Å². The van der Waals surface area contributed by atoms with Crippen molar-refractivity contribution in [2.24, 2.45) is 0 Å². The molecule has 11 heteroatoms. The number of carbonyl (C=O) groups is 1. The van der Waals surface area contributed by atoms with Crippen molar-refractivity contribution in [2.75, 3.05) is 31.8 Å².